The van der Waals surface area contributed by atoms with Gasteiger partial charge in [-0.25, -0.2) is 0 Å². The van der Waals surface area contributed by atoms with Crippen LogP contribution in [0.3, 0.4) is 0 Å². The Morgan fingerprint density at radius 3 is 2.48 bits per heavy atom. The molecule has 2 saturated heterocycles. The number of epoxide rings is 2. The van der Waals surface area contributed by atoms with Crippen LogP contribution in [0.4, 0.5) is 0 Å². The Morgan fingerprint density at radius 2 is 2.00 bits per heavy atom. The third-order valence-electron chi connectivity index (χ3n) is 5.47. The Morgan fingerprint density at radius 1 is 1.39 bits per heavy atom. The van der Waals surface area contributed by atoms with Crippen molar-refractivity contribution in [2.24, 2.45) is 5.92 Å². The molecule has 0 amide bonds. The molecule has 0 aromatic carbocycles. The number of methoxy groups -OCH3 is 1. The summed E-state index contributed by atoms with van der Waals surface area (Å²) < 4.78 is 17.1. The second-order valence-electron chi connectivity index (χ2n) is 7.64. The van der Waals surface area contributed by atoms with E-state index in [1.807, 2.05) is 20.8 Å². The first-order valence-corrected chi connectivity index (χ1v) is 7.94. The van der Waals surface area contributed by atoms with Crippen LogP contribution >= 0.6 is 0 Å². The largest absolute Gasteiger partial charge is 0.380 e. The minimum absolute atomic E-state index is 0.0302. The summed E-state index contributed by atoms with van der Waals surface area (Å²) in [7, 11) is 19.7. The Balaban J connectivity index is 1.94. The number of carbonyl (C=O) groups is 1. The molecule has 23 heavy (non-hydrogen) atoms. The Hall–Kier alpha value is -0.515. The molecule has 0 aromatic rings. The minimum Gasteiger partial charge on any atom is -0.380 e. The maximum Gasteiger partial charge on any atom is 0.144 e. The van der Waals surface area contributed by atoms with Crippen LogP contribution in [0, 0.1) is 5.92 Å². The molecule has 3 aliphatic rings. The Labute approximate surface area is 141 Å². The van der Waals surface area contributed by atoms with Crippen molar-refractivity contribution in [2.45, 2.75) is 61.6 Å². The van der Waals surface area contributed by atoms with Crippen molar-refractivity contribution in [1.29, 1.82) is 0 Å². The highest BCUT2D eigenvalue weighted by Gasteiger charge is 2.77. The molecule has 0 aromatic heterocycles. The predicted molar refractivity (Wildman–Crippen MR) is 88.8 cm³/mol. The normalized spacial score (nSPS) is 47.4. The van der Waals surface area contributed by atoms with Gasteiger partial charge in [0.05, 0.1) is 39.5 Å². The van der Waals surface area contributed by atoms with Crippen LogP contribution < -0.4 is 0 Å². The summed E-state index contributed by atoms with van der Waals surface area (Å²) in [6.07, 6.45) is 3.07. The lowest BCUT2D eigenvalue weighted by atomic mass is 9.37. The monoisotopic (exact) mass is 310 g/mol. The van der Waals surface area contributed by atoms with Gasteiger partial charge in [0.1, 0.15) is 19.2 Å². The highest BCUT2D eigenvalue weighted by Crippen LogP contribution is 2.64. The van der Waals surface area contributed by atoms with Crippen LogP contribution in [0.2, 0.25) is 5.21 Å². The first-order valence-electron chi connectivity index (χ1n) is 7.94. The maximum atomic E-state index is 12.8. The van der Waals surface area contributed by atoms with Crippen LogP contribution in [-0.4, -0.2) is 65.8 Å². The average molecular weight is 310 g/mol. The van der Waals surface area contributed by atoms with E-state index >= 15 is 0 Å². The van der Waals surface area contributed by atoms with Crippen LogP contribution in [0.25, 0.3) is 0 Å². The van der Waals surface area contributed by atoms with E-state index in [-0.39, 0.29) is 12.5 Å². The summed E-state index contributed by atoms with van der Waals surface area (Å²) >= 11 is 0. The molecular formula is C16H21B3O4. The average Bonchev–Trinajstić information content (AvgIpc) is 3.33. The molecule has 4 nitrogen and oxygen atoms in total. The molecule has 1 aliphatic carbocycles. The van der Waals surface area contributed by atoms with Gasteiger partial charge in [0.25, 0.3) is 0 Å². The Bertz CT molecular complexity index is 568. The first kappa shape index (κ1) is 17.3. The molecule has 2 heterocycles. The fraction of sp³-hybridized carbons (Fsp3) is 0.812. The molecule has 6 radical (unpaired) electrons. The zero-order valence-corrected chi connectivity index (χ0v) is 14.2. The van der Waals surface area contributed by atoms with Gasteiger partial charge < -0.3 is 14.2 Å². The van der Waals surface area contributed by atoms with Gasteiger partial charge in [-0.1, -0.05) is 11.6 Å². The number of ketones is 1. The SMILES string of the molecule is [B]C1([B])C[C@]2(CO2)[C@@H](C2(C)O[C@@H]2CC=C(C)C)[C@@]([B])(OC)C1=O. The first-order chi connectivity index (χ1) is 10.5. The highest BCUT2D eigenvalue weighted by molar-refractivity contribution is 6.55. The molecule has 1 spiro atoms. The van der Waals surface area contributed by atoms with E-state index in [1.54, 1.807) is 0 Å². The maximum absolute atomic E-state index is 12.8. The Kier molecular flexibility index (Phi) is 3.76. The number of allylic oxidation sites excluding steroid dienone is 1. The number of hydrogen-bond acceptors (Lipinski definition) is 4. The van der Waals surface area contributed by atoms with Crippen LogP contribution in [0.15, 0.2) is 11.6 Å². The fourth-order valence-corrected chi connectivity index (χ4v) is 4.23. The predicted octanol–water partition coefficient (Wildman–Crippen LogP) is 0.823. The second-order valence-corrected chi connectivity index (χ2v) is 7.64. The number of ether oxygens (including phenoxy) is 3. The van der Waals surface area contributed by atoms with Crippen molar-refractivity contribution in [2.75, 3.05) is 13.7 Å². The summed E-state index contributed by atoms with van der Waals surface area (Å²) in [5.74, 6) is -0.952. The number of hydrogen-bond donors (Lipinski definition) is 0. The third kappa shape index (κ3) is 2.47. The second kappa shape index (κ2) is 4.99. The van der Waals surface area contributed by atoms with Gasteiger partial charge in [-0.15, -0.1) is 0 Å². The van der Waals surface area contributed by atoms with Gasteiger partial charge in [-0.05, 0) is 38.8 Å². The minimum atomic E-state index is -1.62. The van der Waals surface area contributed by atoms with Gasteiger partial charge in [0, 0.05) is 13.0 Å². The van der Waals surface area contributed by atoms with E-state index in [0.29, 0.717) is 6.61 Å². The lowest BCUT2D eigenvalue weighted by Crippen LogP contribution is -2.66. The lowest BCUT2D eigenvalue weighted by molar-refractivity contribution is -0.151. The molecule has 5 atom stereocenters. The number of carbonyl (C=O) groups excluding carboxylic acids is 1. The quantitative estimate of drug-likeness (QED) is 0.438. The van der Waals surface area contributed by atoms with E-state index in [4.69, 9.17) is 37.7 Å². The summed E-state index contributed by atoms with van der Waals surface area (Å²) in [4.78, 5) is 12.8. The summed E-state index contributed by atoms with van der Waals surface area (Å²) in [6, 6.07) is 0. The van der Waals surface area contributed by atoms with Crippen LogP contribution in [-0.2, 0) is 19.0 Å². The fourth-order valence-electron chi connectivity index (χ4n) is 4.23. The van der Waals surface area contributed by atoms with Gasteiger partial charge in [-0.3, -0.25) is 4.79 Å². The van der Waals surface area contributed by atoms with E-state index in [9.17, 15) is 4.79 Å². The van der Waals surface area contributed by atoms with E-state index in [1.165, 1.54) is 12.7 Å². The van der Waals surface area contributed by atoms with Gasteiger partial charge in [-0.2, -0.15) is 0 Å². The molecule has 0 bridgehead atoms. The van der Waals surface area contributed by atoms with Crippen molar-refractivity contribution >= 4 is 29.3 Å². The van der Waals surface area contributed by atoms with E-state index in [2.05, 4.69) is 6.08 Å². The summed E-state index contributed by atoms with van der Waals surface area (Å²) in [5, 5.41) is -1.56. The molecular weight excluding hydrogens is 289 g/mol. The van der Waals surface area contributed by atoms with Gasteiger partial charge >= 0.3 is 0 Å². The molecule has 1 unspecified atom stereocenters. The molecule has 0 N–H and O–H groups in total. The standard InChI is InChI=1S/C16H21B3O4/c1-9(2)5-6-10-13(3,23-10)11-14(8-22-14)7-15(17,18)12(20)16(11,19)21-4/h5,10-11H,6-8H2,1-4H3/t10-,11-,13?,14+,16-/m1/s1. The molecule has 118 valence electrons. The topological polar surface area (TPSA) is 51.4 Å². The van der Waals surface area contributed by atoms with Gasteiger partial charge in [0.15, 0.2) is 0 Å². The smallest absolute Gasteiger partial charge is 0.144 e. The van der Waals surface area contributed by atoms with Crippen molar-refractivity contribution in [3.05, 3.63) is 11.6 Å². The summed E-state index contributed by atoms with van der Waals surface area (Å²) in [5.41, 5.74) is -1.66. The molecule has 1 saturated carbocycles. The van der Waals surface area contributed by atoms with Crippen LogP contribution in [0.5, 0.6) is 0 Å². The molecule has 3 rings (SSSR count). The van der Waals surface area contributed by atoms with Crippen molar-refractivity contribution in [3.63, 3.8) is 0 Å². The lowest BCUT2D eigenvalue weighted by Gasteiger charge is -2.51. The molecule has 7 heteroatoms. The van der Waals surface area contributed by atoms with E-state index < -0.39 is 33.6 Å². The van der Waals surface area contributed by atoms with E-state index in [0.717, 1.165) is 6.42 Å². The van der Waals surface area contributed by atoms with Crippen molar-refractivity contribution in [1.82, 2.24) is 0 Å². The number of Topliss-reactive ketones (excluding diaryl/α,β-unsaturated/α-hetero) is 1. The zero-order chi connectivity index (χ0) is 17.3. The highest BCUT2D eigenvalue weighted by atomic mass is 16.6. The third-order valence-corrected chi connectivity index (χ3v) is 5.47. The molecule has 3 fully saturated rings. The van der Waals surface area contributed by atoms with Crippen molar-refractivity contribution in [3.8, 4) is 0 Å². The number of rotatable bonds is 4. The zero-order valence-electron chi connectivity index (χ0n) is 14.2. The van der Waals surface area contributed by atoms with Crippen molar-refractivity contribution < 1.29 is 19.0 Å². The van der Waals surface area contributed by atoms with Gasteiger partial charge in [0.2, 0.25) is 0 Å². The molecule has 2 aliphatic heterocycles. The summed E-state index contributed by atoms with van der Waals surface area (Å²) in [6.45, 7) is 6.49. The van der Waals surface area contributed by atoms with Crippen LogP contribution in [0.1, 0.15) is 33.6 Å².